The summed E-state index contributed by atoms with van der Waals surface area (Å²) in [5, 5.41) is 0. The van der Waals surface area contributed by atoms with Crippen LogP contribution in [0.3, 0.4) is 0 Å². The van der Waals surface area contributed by atoms with Gasteiger partial charge in [-0.15, -0.1) is 0 Å². The average molecular weight is 275 g/mol. The van der Waals surface area contributed by atoms with Crippen LogP contribution in [0, 0.1) is 5.82 Å². The molecule has 0 aliphatic heterocycles. The number of aromatic nitrogens is 1. The lowest BCUT2D eigenvalue weighted by Gasteiger charge is -2.24. The standard InChI is InChI=1S/C14H14FN3S/c1-2-18(11-6-3-5-10(15)9-11)12-7-4-8-17-13(12)14(16)19/h3-9H,2H2,1H3,(H2,16,19). The lowest BCUT2D eigenvalue weighted by Crippen LogP contribution is -2.22. The summed E-state index contributed by atoms with van der Waals surface area (Å²) >= 11 is 5.01. The second-order valence-electron chi connectivity index (χ2n) is 3.96. The first kappa shape index (κ1) is 13.4. The number of hydrogen-bond donors (Lipinski definition) is 1. The summed E-state index contributed by atoms with van der Waals surface area (Å²) in [5.41, 5.74) is 7.75. The molecule has 3 nitrogen and oxygen atoms in total. The van der Waals surface area contributed by atoms with E-state index < -0.39 is 0 Å². The zero-order chi connectivity index (χ0) is 13.8. The van der Waals surface area contributed by atoms with E-state index >= 15 is 0 Å². The highest BCUT2D eigenvalue weighted by Crippen LogP contribution is 2.27. The van der Waals surface area contributed by atoms with E-state index in [-0.39, 0.29) is 10.8 Å². The van der Waals surface area contributed by atoms with Gasteiger partial charge in [0.05, 0.1) is 5.69 Å². The number of benzene rings is 1. The second kappa shape index (κ2) is 5.75. The summed E-state index contributed by atoms with van der Waals surface area (Å²) in [6, 6.07) is 10.1. The predicted octanol–water partition coefficient (Wildman–Crippen LogP) is 3.01. The smallest absolute Gasteiger partial charge is 0.125 e. The van der Waals surface area contributed by atoms with Gasteiger partial charge in [-0.1, -0.05) is 18.3 Å². The van der Waals surface area contributed by atoms with Crippen LogP contribution in [0.1, 0.15) is 12.6 Å². The Hall–Kier alpha value is -2.01. The van der Waals surface area contributed by atoms with E-state index in [2.05, 4.69) is 4.98 Å². The van der Waals surface area contributed by atoms with Crippen LogP contribution in [0.4, 0.5) is 15.8 Å². The van der Waals surface area contributed by atoms with Gasteiger partial charge in [-0.3, -0.25) is 4.98 Å². The fraction of sp³-hybridized carbons (Fsp3) is 0.143. The van der Waals surface area contributed by atoms with Gasteiger partial charge >= 0.3 is 0 Å². The number of anilines is 2. The van der Waals surface area contributed by atoms with Crippen molar-refractivity contribution in [3.05, 3.63) is 54.1 Å². The van der Waals surface area contributed by atoms with E-state index in [0.29, 0.717) is 12.2 Å². The number of hydrogen-bond acceptors (Lipinski definition) is 3. The van der Waals surface area contributed by atoms with Crippen LogP contribution in [-0.4, -0.2) is 16.5 Å². The minimum Gasteiger partial charge on any atom is -0.388 e. The van der Waals surface area contributed by atoms with Crippen LogP contribution in [0.15, 0.2) is 42.6 Å². The van der Waals surface area contributed by atoms with E-state index in [1.807, 2.05) is 24.0 Å². The first-order chi connectivity index (χ1) is 9.13. The van der Waals surface area contributed by atoms with Gasteiger partial charge < -0.3 is 10.6 Å². The van der Waals surface area contributed by atoms with Gasteiger partial charge in [-0.2, -0.15) is 0 Å². The van der Waals surface area contributed by atoms with Crippen molar-refractivity contribution in [3.8, 4) is 0 Å². The van der Waals surface area contributed by atoms with Crippen molar-refractivity contribution in [2.75, 3.05) is 11.4 Å². The van der Waals surface area contributed by atoms with E-state index in [9.17, 15) is 4.39 Å². The third-order valence-corrected chi connectivity index (χ3v) is 2.94. The maximum atomic E-state index is 13.3. The third kappa shape index (κ3) is 2.88. The van der Waals surface area contributed by atoms with E-state index in [1.54, 1.807) is 18.3 Å². The van der Waals surface area contributed by atoms with Crippen molar-refractivity contribution in [2.45, 2.75) is 6.92 Å². The minimum atomic E-state index is -0.281. The number of rotatable bonds is 4. The molecule has 0 bridgehead atoms. The van der Waals surface area contributed by atoms with Gasteiger partial charge in [0, 0.05) is 18.4 Å². The molecule has 1 aromatic carbocycles. The van der Waals surface area contributed by atoms with Gasteiger partial charge in [-0.05, 0) is 37.3 Å². The highest BCUT2D eigenvalue weighted by atomic mass is 32.1. The molecule has 1 aromatic heterocycles. The van der Waals surface area contributed by atoms with Gasteiger partial charge in [0.2, 0.25) is 0 Å². The lowest BCUT2D eigenvalue weighted by molar-refractivity contribution is 0.627. The summed E-state index contributed by atoms with van der Waals surface area (Å²) in [6.07, 6.45) is 1.64. The van der Waals surface area contributed by atoms with E-state index in [0.717, 1.165) is 11.4 Å². The number of pyridine rings is 1. The van der Waals surface area contributed by atoms with Gasteiger partial charge in [-0.25, -0.2) is 4.39 Å². The normalized spacial score (nSPS) is 10.2. The van der Waals surface area contributed by atoms with Crippen molar-refractivity contribution in [3.63, 3.8) is 0 Å². The topological polar surface area (TPSA) is 42.2 Å². The zero-order valence-corrected chi connectivity index (χ0v) is 11.3. The predicted molar refractivity (Wildman–Crippen MR) is 79.2 cm³/mol. The van der Waals surface area contributed by atoms with Crippen molar-refractivity contribution < 1.29 is 4.39 Å². The van der Waals surface area contributed by atoms with Crippen LogP contribution in [-0.2, 0) is 0 Å². The van der Waals surface area contributed by atoms with Crippen LogP contribution < -0.4 is 10.6 Å². The summed E-state index contributed by atoms with van der Waals surface area (Å²) in [5.74, 6) is -0.281. The summed E-state index contributed by atoms with van der Waals surface area (Å²) in [7, 11) is 0. The molecule has 0 unspecified atom stereocenters. The Balaban J connectivity index is 2.51. The van der Waals surface area contributed by atoms with Crippen LogP contribution >= 0.6 is 12.2 Å². The lowest BCUT2D eigenvalue weighted by atomic mass is 10.2. The van der Waals surface area contributed by atoms with Crippen molar-refractivity contribution >= 4 is 28.6 Å². The van der Waals surface area contributed by atoms with Crippen LogP contribution in [0.25, 0.3) is 0 Å². The fourth-order valence-electron chi connectivity index (χ4n) is 1.94. The molecule has 0 atom stereocenters. The minimum absolute atomic E-state index is 0.227. The molecular formula is C14H14FN3S. The summed E-state index contributed by atoms with van der Waals surface area (Å²) < 4.78 is 13.3. The summed E-state index contributed by atoms with van der Waals surface area (Å²) in [6.45, 7) is 2.63. The molecule has 0 fully saturated rings. The first-order valence-corrected chi connectivity index (χ1v) is 6.32. The molecule has 0 radical (unpaired) electrons. The monoisotopic (exact) mass is 275 g/mol. The molecule has 2 rings (SSSR count). The Morgan fingerprint density at radius 2 is 2.16 bits per heavy atom. The number of nitrogens with two attached hydrogens (primary N) is 1. The fourth-order valence-corrected chi connectivity index (χ4v) is 2.10. The molecule has 2 N–H and O–H groups in total. The molecule has 0 aliphatic carbocycles. The average Bonchev–Trinajstić information content (AvgIpc) is 2.40. The Morgan fingerprint density at radius 1 is 1.37 bits per heavy atom. The molecular weight excluding hydrogens is 261 g/mol. The Labute approximate surface area is 116 Å². The van der Waals surface area contributed by atoms with Crippen molar-refractivity contribution in [1.29, 1.82) is 0 Å². The molecule has 2 aromatic rings. The molecule has 0 saturated carbocycles. The third-order valence-electron chi connectivity index (χ3n) is 2.75. The Morgan fingerprint density at radius 3 is 2.79 bits per heavy atom. The van der Waals surface area contributed by atoms with Gasteiger partial charge in [0.25, 0.3) is 0 Å². The van der Waals surface area contributed by atoms with Gasteiger partial charge in [0.1, 0.15) is 16.5 Å². The van der Waals surface area contributed by atoms with Crippen LogP contribution in [0.2, 0.25) is 0 Å². The number of thiocarbonyl (C=S) groups is 1. The molecule has 98 valence electrons. The largest absolute Gasteiger partial charge is 0.388 e. The highest BCUT2D eigenvalue weighted by molar-refractivity contribution is 7.80. The molecule has 5 heteroatoms. The molecule has 0 aliphatic rings. The maximum Gasteiger partial charge on any atom is 0.125 e. The quantitative estimate of drug-likeness (QED) is 0.871. The maximum absolute atomic E-state index is 13.3. The zero-order valence-electron chi connectivity index (χ0n) is 10.5. The summed E-state index contributed by atoms with van der Waals surface area (Å²) in [4.78, 5) is 6.34. The molecule has 0 spiro atoms. The first-order valence-electron chi connectivity index (χ1n) is 5.91. The SMILES string of the molecule is CCN(c1cccc(F)c1)c1cccnc1C(N)=S. The second-order valence-corrected chi connectivity index (χ2v) is 4.40. The molecule has 1 heterocycles. The van der Waals surface area contributed by atoms with Crippen molar-refractivity contribution in [2.24, 2.45) is 5.73 Å². The van der Waals surface area contributed by atoms with Crippen molar-refractivity contribution in [1.82, 2.24) is 4.98 Å². The highest BCUT2D eigenvalue weighted by Gasteiger charge is 2.14. The van der Waals surface area contributed by atoms with Gasteiger partial charge in [0.15, 0.2) is 0 Å². The van der Waals surface area contributed by atoms with E-state index in [4.69, 9.17) is 18.0 Å². The number of halogens is 1. The van der Waals surface area contributed by atoms with E-state index in [1.165, 1.54) is 12.1 Å². The molecule has 0 saturated heterocycles. The molecule has 0 amide bonds. The Bertz CT molecular complexity index is 601. The van der Waals surface area contributed by atoms with Crippen LogP contribution in [0.5, 0.6) is 0 Å². The molecule has 19 heavy (non-hydrogen) atoms. The number of nitrogens with zero attached hydrogens (tertiary/aromatic N) is 2. The Kier molecular flexibility index (Phi) is 4.06.